The van der Waals surface area contributed by atoms with Crippen molar-refractivity contribution in [3.63, 3.8) is 0 Å². The fourth-order valence-corrected chi connectivity index (χ4v) is 1.89. The van der Waals surface area contributed by atoms with Crippen molar-refractivity contribution in [2.45, 2.75) is 32.5 Å². The predicted octanol–water partition coefficient (Wildman–Crippen LogP) is 3.52. The van der Waals surface area contributed by atoms with Gasteiger partial charge in [0.25, 0.3) is 0 Å². The van der Waals surface area contributed by atoms with Crippen LogP contribution in [0.25, 0.3) is 0 Å². The van der Waals surface area contributed by atoms with Crippen LogP contribution in [-0.2, 0) is 6.42 Å². The first-order valence-corrected chi connectivity index (χ1v) is 8.60. The Hall–Kier alpha value is -0.893. The van der Waals surface area contributed by atoms with Crippen molar-refractivity contribution in [2.75, 3.05) is 0 Å². The molecule has 14 heavy (non-hydrogen) atoms. The minimum atomic E-state index is -1.23. The molecular formula is C12H19NSi. The zero-order chi connectivity index (χ0) is 10.4. The van der Waals surface area contributed by atoms with Crippen molar-refractivity contribution in [3.05, 3.63) is 35.9 Å². The monoisotopic (exact) mass is 205 g/mol. The maximum absolute atomic E-state index is 4.59. The Bertz CT molecular complexity index is 285. The van der Waals surface area contributed by atoms with E-state index in [4.69, 9.17) is 0 Å². The second-order valence-electron chi connectivity index (χ2n) is 4.51. The van der Waals surface area contributed by atoms with Crippen LogP contribution < -0.4 is 0 Å². The Balaban J connectivity index is 2.33. The highest BCUT2D eigenvalue weighted by molar-refractivity contribution is 6.75. The summed E-state index contributed by atoms with van der Waals surface area (Å²) in [6, 6.07) is 10.6. The molecule has 0 unspecified atom stereocenters. The lowest BCUT2D eigenvalue weighted by Gasteiger charge is -2.07. The van der Waals surface area contributed by atoms with E-state index in [2.05, 4.69) is 60.8 Å². The summed E-state index contributed by atoms with van der Waals surface area (Å²) in [5, 5.41) is 0. The molecular weight excluding hydrogens is 186 g/mol. The largest absolute Gasteiger partial charge is 0.334 e. The van der Waals surface area contributed by atoms with Crippen LogP contribution in [0.5, 0.6) is 0 Å². The molecule has 0 saturated carbocycles. The van der Waals surface area contributed by atoms with Gasteiger partial charge in [0.05, 0.1) is 0 Å². The van der Waals surface area contributed by atoms with E-state index in [-0.39, 0.29) is 0 Å². The van der Waals surface area contributed by atoms with E-state index in [1.165, 1.54) is 5.56 Å². The predicted molar refractivity (Wildman–Crippen MR) is 66.6 cm³/mol. The molecule has 0 spiro atoms. The van der Waals surface area contributed by atoms with Crippen LogP contribution in [0.2, 0.25) is 19.6 Å². The lowest BCUT2D eigenvalue weighted by molar-refractivity contribution is 1.06. The fraction of sp³-hybridized carbons (Fsp3) is 0.417. The first-order valence-electron chi connectivity index (χ1n) is 5.15. The zero-order valence-electron chi connectivity index (χ0n) is 9.33. The van der Waals surface area contributed by atoms with Crippen molar-refractivity contribution in [2.24, 2.45) is 4.66 Å². The van der Waals surface area contributed by atoms with E-state index in [1.54, 1.807) is 0 Å². The molecule has 0 aliphatic rings. The van der Waals surface area contributed by atoms with Crippen molar-refractivity contribution < 1.29 is 0 Å². The van der Waals surface area contributed by atoms with Crippen LogP contribution in [0.4, 0.5) is 0 Å². The molecule has 76 valence electrons. The van der Waals surface area contributed by atoms with Crippen LogP contribution in [0.3, 0.4) is 0 Å². The Morgan fingerprint density at radius 3 is 2.36 bits per heavy atom. The van der Waals surface area contributed by atoms with Gasteiger partial charge in [-0.3, -0.25) is 0 Å². The average molecular weight is 205 g/mol. The van der Waals surface area contributed by atoms with Crippen LogP contribution in [-0.4, -0.2) is 14.5 Å². The summed E-state index contributed by atoms with van der Waals surface area (Å²) in [6.07, 6.45) is 4.27. The second kappa shape index (κ2) is 5.10. The molecule has 0 aromatic heterocycles. The molecule has 0 radical (unpaired) electrons. The van der Waals surface area contributed by atoms with E-state index in [1.807, 2.05) is 0 Å². The normalized spacial score (nSPS) is 12.2. The third-order valence-corrected chi connectivity index (χ3v) is 2.84. The third-order valence-electron chi connectivity index (χ3n) is 1.88. The summed E-state index contributed by atoms with van der Waals surface area (Å²) in [6.45, 7) is 6.77. The van der Waals surface area contributed by atoms with Gasteiger partial charge in [-0.05, 0) is 44.3 Å². The highest BCUT2D eigenvalue weighted by atomic mass is 28.3. The number of hydrogen-bond donors (Lipinski definition) is 0. The quantitative estimate of drug-likeness (QED) is 0.527. The van der Waals surface area contributed by atoms with Gasteiger partial charge in [-0.15, -0.1) is 0 Å². The SMILES string of the molecule is C[Si](C)(C)N=CCCc1ccccc1. The summed E-state index contributed by atoms with van der Waals surface area (Å²) in [5.41, 5.74) is 1.40. The van der Waals surface area contributed by atoms with Crippen LogP contribution >= 0.6 is 0 Å². The smallest absolute Gasteiger partial charge is 0.171 e. The van der Waals surface area contributed by atoms with Gasteiger partial charge in [-0.2, -0.15) is 0 Å². The third kappa shape index (κ3) is 4.97. The number of hydrogen-bond acceptors (Lipinski definition) is 1. The molecule has 0 aliphatic heterocycles. The molecule has 0 atom stereocenters. The van der Waals surface area contributed by atoms with Crippen molar-refractivity contribution in [1.82, 2.24) is 0 Å². The topological polar surface area (TPSA) is 12.4 Å². The summed E-state index contributed by atoms with van der Waals surface area (Å²) >= 11 is 0. The summed E-state index contributed by atoms with van der Waals surface area (Å²) in [7, 11) is -1.23. The Morgan fingerprint density at radius 2 is 1.79 bits per heavy atom. The molecule has 0 N–H and O–H groups in total. The molecule has 0 heterocycles. The van der Waals surface area contributed by atoms with E-state index < -0.39 is 8.24 Å². The molecule has 2 heteroatoms. The fourth-order valence-electron chi connectivity index (χ4n) is 1.21. The van der Waals surface area contributed by atoms with E-state index in [0.29, 0.717) is 0 Å². The highest BCUT2D eigenvalue weighted by Crippen LogP contribution is 2.03. The molecule has 1 nitrogen and oxygen atoms in total. The van der Waals surface area contributed by atoms with Crippen molar-refractivity contribution in [1.29, 1.82) is 0 Å². The van der Waals surface area contributed by atoms with Gasteiger partial charge in [0.1, 0.15) is 0 Å². The van der Waals surface area contributed by atoms with Crippen LogP contribution in [0, 0.1) is 0 Å². The highest BCUT2D eigenvalue weighted by Gasteiger charge is 2.08. The van der Waals surface area contributed by atoms with Gasteiger partial charge in [-0.25, -0.2) is 0 Å². The van der Waals surface area contributed by atoms with E-state index >= 15 is 0 Å². The number of aryl methyl sites for hydroxylation is 1. The molecule has 0 aliphatic carbocycles. The molecule has 0 amide bonds. The van der Waals surface area contributed by atoms with Gasteiger partial charge in [-0.1, -0.05) is 30.3 Å². The van der Waals surface area contributed by atoms with Crippen LogP contribution in [0.1, 0.15) is 12.0 Å². The molecule has 1 rings (SSSR count). The second-order valence-corrected chi connectivity index (χ2v) is 9.11. The van der Waals surface area contributed by atoms with Gasteiger partial charge in [0, 0.05) is 0 Å². The number of rotatable bonds is 4. The first kappa shape index (κ1) is 11.2. The lowest BCUT2D eigenvalue weighted by Crippen LogP contribution is -2.16. The molecule has 0 bridgehead atoms. The van der Waals surface area contributed by atoms with Crippen molar-refractivity contribution in [3.8, 4) is 0 Å². The standard InChI is InChI=1S/C12H19NSi/c1-14(2,3)13-11-7-10-12-8-5-4-6-9-12/h4-6,8-9,11H,7,10H2,1-3H3. The molecule has 1 aromatic carbocycles. The summed E-state index contributed by atoms with van der Waals surface area (Å²) in [4.78, 5) is 0. The Morgan fingerprint density at radius 1 is 1.14 bits per heavy atom. The molecule has 0 fully saturated rings. The Kier molecular flexibility index (Phi) is 4.08. The minimum Gasteiger partial charge on any atom is -0.334 e. The maximum Gasteiger partial charge on any atom is 0.171 e. The van der Waals surface area contributed by atoms with E-state index in [0.717, 1.165) is 12.8 Å². The average Bonchev–Trinajstić information content (AvgIpc) is 2.13. The summed E-state index contributed by atoms with van der Waals surface area (Å²) in [5.74, 6) is 0. The molecule has 1 aromatic rings. The molecule has 0 saturated heterocycles. The maximum atomic E-state index is 4.59. The lowest BCUT2D eigenvalue weighted by atomic mass is 10.1. The summed E-state index contributed by atoms with van der Waals surface area (Å²) < 4.78 is 4.59. The zero-order valence-corrected chi connectivity index (χ0v) is 10.3. The number of benzene rings is 1. The first-order chi connectivity index (χ1) is 6.58. The Labute approximate surface area is 88.0 Å². The number of nitrogens with zero attached hydrogens (tertiary/aromatic N) is 1. The van der Waals surface area contributed by atoms with Gasteiger partial charge in [0.2, 0.25) is 0 Å². The van der Waals surface area contributed by atoms with Gasteiger partial charge in [0.15, 0.2) is 8.24 Å². The van der Waals surface area contributed by atoms with Gasteiger partial charge >= 0.3 is 0 Å². The van der Waals surface area contributed by atoms with E-state index in [9.17, 15) is 0 Å². The van der Waals surface area contributed by atoms with Gasteiger partial charge < -0.3 is 4.66 Å². The van der Waals surface area contributed by atoms with Crippen LogP contribution in [0.15, 0.2) is 35.0 Å². The van der Waals surface area contributed by atoms with Crippen molar-refractivity contribution >= 4 is 14.5 Å². The minimum absolute atomic E-state index is 1.06.